The Morgan fingerprint density at radius 3 is 2.59 bits per heavy atom. The van der Waals surface area contributed by atoms with E-state index in [2.05, 4.69) is 26.9 Å². The fourth-order valence-electron chi connectivity index (χ4n) is 3.89. The van der Waals surface area contributed by atoms with Gasteiger partial charge in [-0.1, -0.05) is 0 Å². The second kappa shape index (κ2) is 6.44. The molecule has 1 atom stereocenters. The minimum atomic E-state index is -2.25. The number of nitrogens with zero attached hydrogens (tertiary/aromatic N) is 1. The van der Waals surface area contributed by atoms with Gasteiger partial charge in [-0.2, -0.15) is 0 Å². The molecule has 1 aromatic rings. The molecule has 1 unspecified atom stereocenters. The molecule has 1 aromatic heterocycles. The van der Waals surface area contributed by atoms with Crippen molar-refractivity contribution >= 4 is 22.2 Å². The summed E-state index contributed by atoms with van der Waals surface area (Å²) in [4.78, 5) is 7.19. The third-order valence-corrected chi connectivity index (χ3v) is 9.95. The van der Waals surface area contributed by atoms with E-state index in [4.69, 9.17) is 14.0 Å². The van der Waals surface area contributed by atoms with Crippen molar-refractivity contribution in [2.24, 2.45) is 0 Å². The van der Waals surface area contributed by atoms with Crippen molar-refractivity contribution in [3.05, 3.63) is 11.3 Å². The Morgan fingerprint density at radius 1 is 1.23 bits per heavy atom. The third kappa shape index (κ3) is 2.98. The summed E-state index contributed by atoms with van der Waals surface area (Å²) in [6, 6.07) is 0. The quantitative estimate of drug-likeness (QED) is 0.692. The zero-order chi connectivity index (χ0) is 15.8. The molecule has 22 heavy (non-hydrogen) atoms. The van der Waals surface area contributed by atoms with Crippen LogP contribution >= 0.6 is 0 Å². The van der Waals surface area contributed by atoms with E-state index in [1.54, 1.807) is 0 Å². The first-order valence-electron chi connectivity index (χ1n) is 8.75. The molecule has 0 N–H and O–H groups in total. The van der Waals surface area contributed by atoms with Crippen LogP contribution in [0.5, 0.6) is 0 Å². The summed E-state index contributed by atoms with van der Waals surface area (Å²) in [6.07, 6.45) is 6.67. The molecular formula is C17H29NO3Sn. The maximum atomic E-state index is 6.15. The van der Waals surface area contributed by atoms with E-state index in [-0.39, 0.29) is 5.92 Å². The molecule has 0 saturated carbocycles. The standard InChI is InChI=1S/C14H20NO3.3CH3.Sn/c1-2-3-7-14(16-8-9-17-14)12-6-4-5-11-10-18-15-13(11)12;;;;/h12H,2-9H2,1H3;3*1H3;. The Hall–Kier alpha value is -0.0713. The average molecular weight is 414 g/mol. The van der Waals surface area contributed by atoms with E-state index >= 15 is 0 Å². The normalized spacial score (nSPS) is 24.5. The van der Waals surface area contributed by atoms with Crippen LogP contribution in [0.3, 0.4) is 0 Å². The first kappa shape index (κ1) is 16.8. The SMILES string of the molecule is CCCCC1(C2CCCc3c2no[c]3[Sn]([CH3])([CH3])[CH3])OCCO1. The molecule has 4 nitrogen and oxygen atoms in total. The summed E-state index contributed by atoms with van der Waals surface area (Å²) in [5.74, 6) is -0.205. The van der Waals surface area contributed by atoms with Gasteiger partial charge in [0.2, 0.25) is 0 Å². The number of hydrogen-bond acceptors (Lipinski definition) is 4. The van der Waals surface area contributed by atoms with Crippen molar-refractivity contribution in [2.75, 3.05) is 13.2 Å². The fraction of sp³-hybridized carbons (Fsp3) is 0.824. The van der Waals surface area contributed by atoms with Crippen molar-refractivity contribution < 1.29 is 14.0 Å². The Kier molecular flexibility index (Phi) is 4.91. The second-order valence-electron chi connectivity index (χ2n) is 7.68. The molecule has 0 aromatic carbocycles. The summed E-state index contributed by atoms with van der Waals surface area (Å²) in [6.45, 7) is 3.63. The summed E-state index contributed by atoms with van der Waals surface area (Å²) in [5.41, 5.74) is 2.54. The van der Waals surface area contributed by atoms with Gasteiger partial charge in [-0.25, -0.2) is 0 Å². The van der Waals surface area contributed by atoms with Gasteiger partial charge in [0.1, 0.15) is 0 Å². The molecular weight excluding hydrogens is 385 g/mol. The topological polar surface area (TPSA) is 44.5 Å². The molecule has 2 aliphatic rings. The molecule has 1 saturated heterocycles. The van der Waals surface area contributed by atoms with E-state index in [9.17, 15) is 0 Å². The number of rotatable bonds is 5. The van der Waals surface area contributed by atoms with Crippen LogP contribution in [0.2, 0.25) is 14.8 Å². The molecule has 1 aliphatic carbocycles. The monoisotopic (exact) mass is 415 g/mol. The van der Waals surface area contributed by atoms with Crippen LogP contribution in [0.4, 0.5) is 0 Å². The van der Waals surface area contributed by atoms with Crippen molar-refractivity contribution in [3.8, 4) is 0 Å². The van der Waals surface area contributed by atoms with Crippen molar-refractivity contribution in [3.63, 3.8) is 0 Å². The molecule has 0 spiro atoms. The van der Waals surface area contributed by atoms with Crippen LogP contribution in [0.1, 0.15) is 56.2 Å². The molecule has 1 fully saturated rings. The predicted molar refractivity (Wildman–Crippen MR) is 89.3 cm³/mol. The Bertz CT molecular complexity index is 514. The van der Waals surface area contributed by atoms with Gasteiger partial charge in [0.05, 0.1) is 0 Å². The van der Waals surface area contributed by atoms with E-state index in [0.717, 1.165) is 37.8 Å². The van der Waals surface area contributed by atoms with Crippen LogP contribution in [0.15, 0.2) is 4.52 Å². The van der Waals surface area contributed by atoms with Gasteiger partial charge in [0.15, 0.2) is 0 Å². The molecule has 5 heteroatoms. The van der Waals surface area contributed by atoms with Gasteiger partial charge < -0.3 is 0 Å². The van der Waals surface area contributed by atoms with Crippen molar-refractivity contribution in [1.82, 2.24) is 5.16 Å². The number of unbranched alkanes of at least 4 members (excludes halogenated alkanes) is 1. The van der Waals surface area contributed by atoms with Gasteiger partial charge in [-0.05, 0) is 0 Å². The van der Waals surface area contributed by atoms with Crippen LogP contribution in [-0.4, -0.2) is 42.5 Å². The maximum absolute atomic E-state index is 6.15. The summed E-state index contributed by atoms with van der Waals surface area (Å²) in [5, 5.41) is 4.52. The second-order valence-corrected chi connectivity index (χ2v) is 21.8. The third-order valence-electron chi connectivity index (χ3n) is 4.94. The van der Waals surface area contributed by atoms with Crippen LogP contribution < -0.4 is 3.78 Å². The van der Waals surface area contributed by atoms with Crippen molar-refractivity contribution in [1.29, 1.82) is 0 Å². The first-order chi connectivity index (χ1) is 10.5. The summed E-state index contributed by atoms with van der Waals surface area (Å²) >= 11 is -2.25. The fourth-order valence-corrected chi connectivity index (χ4v) is 8.11. The number of hydrogen-bond donors (Lipinski definition) is 0. The van der Waals surface area contributed by atoms with Gasteiger partial charge in [0, 0.05) is 0 Å². The molecule has 0 amide bonds. The zero-order valence-electron chi connectivity index (χ0n) is 14.4. The van der Waals surface area contributed by atoms with E-state index < -0.39 is 24.2 Å². The zero-order valence-corrected chi connectivity index (χ0v) is 17.3. The number of ether oxygens (including phenoxy) is 2. The number of fused-ring (bicyclic) bond motifs is 1. The van der Waals surface area contributed by atoms with Crippen LogP contribution in [-0.2, 0) is 15.9 Å². The molecule has 1 aliphatic heterocycles. The Labute approximate surface area is 137 Å². The van der Waals surface area contributed by atoms with Gasteiger partial charge in [-0.3, -0.25) is 0 Å². The Morgan fingerprint density at radius 2 is 1.95 bits per heavy atom. The van der Waals surface area contributed by atoms with E-state index in [0.29, 0.717) is 13.2 Å². The molecule has 124 valence electrons. The van der Waals surface area contributed by atoms with Gasteiger partial charge in [-0.15, -0.1) is 0 Å². The van der Waals surface area contributed by atoms with E-state index in [1.807, 2.05) is 0 Å². The molecule has 0 bridgehead atoms. The Balaban J connectivity index is 1.95. The molecule has 0 radical (unpaired) electrons. The van der Waals surface area contributed by atoms with E-state index in [1.165, 1.54) is 15.8 Å². The van der Waals surface area contributed by atoms with Gasteiger partial charge >= 0.3 is 138 Å². The van der Waals surface area contributed by atoms with Crippen LogP contribution in [0.25, 0.3) is 0 Å². The van der Waals surface area contributed by atoms with Crippen LogP contribution in [0, 0.1) is 0 Å². The predicted octanol–water partition coefficient (Wildman–Crippen LogP) is 3.57. The summed E-state index contributed by atoms with van der Waals surface area (Å²) < 4.78 is 19.4. The number of aromatic nitrogens is 1. The van der Waals surface area contributed by atoms with Gasteiger partial charge in [0.25, 0.3) is 0 Å². The average Bonchev–Trinajstić information content (AvgIpc) is 3.11. The first-order valence-corrected chi connectivity index (χ1v) is 18.7. The molecule has 2 heterocycles. The summed E-state index contributed by atoms with van der Waals surface area (Å²) in [7, 11) is 0. The molecule has 3 rings (SSSR count). The van der Waals surface area contributed by atoms with Crippen molar-refractivity contribution in [2.45, 2.75) is 72.0 Å². The minimum absolute atomic E-state index is 0.247.